The Balaban J connectivity index is 2.03. The summed E-state index contributed by atoms with van der Waals surface area (Å²) < 4.78 is 76.7. The molecule has 0 saturated carbocycles. The average molecular weight is 471 g/mol. The third-order valence-corrected chi connectivity index (χ3v) is 6.41. The molecule has 0 radical (unpaired) electrons. The minimum atomic E-state index is -5.09. The molecule has 3 aromatic heterocycles. The maximum atomic E-state index is 12.3. The maximum Gasteiger partial charge on any atom is 0.298 e. The van der Waals surface area contributed by atoms with E-state index in [4.69, 9.17) is 1.37 Å². The van der Waals surface area contributed by atoms with Crippen molar-refractivity contribution in [3.8, 4) is 0 Å². The molecule has 2 aliphatic rings. The van der Waals surface area contributed by atoms with E-state index in [-0.39, 0.29) is 11.4 Å². The molecular formula is C20H14N4O6S2. The predicted octanol–water partition coefficient (Wildman–Crippen LogP) is 3.12. The highest BCUT2D eigenvalue weighted by Crippen LogP contribution is 2.33. The van der Waals surface area contributed by atoms with Crippen LogP contribution in [0.3, 0.4) is 0 Å². The normalized spacial score (nSPS) is 14.6. The molecule has 2 aliphatic heterocycles. The van der Waals surface area contributed by atoms with E-state index in [2.05, 4.69) is 19.9 Å². The Morgan fingerprint density at radius 1 is 0.750 bits per heavy atom. The highest BCUT2D eigenvalue weighted by atomic mass is 32.2. The minimum absolute atomic E-state index is 0.236. The molecule has 0 aliphatic carbocycles. The number of nitrogens with zero attached hydrogens (tertiary/aromatic N) is 2. The van der Waals surface area contributed by atoms with Gasteiger partial charge in [-0.05, 0) is 60.7 Å². The van der Waals surface area contributed by atoms with E-state index in [1.807, 2.05) is 12.1 Å². The van der Waals surface area contributed by atoms with Gasteiger partial charge in [-0.1, -0.05) is 0 Å². The fourth-order valence-corrected chi connectivity index (χ4v) is 4.87. The zero-order valence-electron chi connectivity index (χ0n) is 16.9. The first kappa shape index (κ1) is 19.1. The van der Waals surface area contributed by atoms with Crippen LogP contribution in [0.4, 0.5) is 0 Å². The first-order valence-corrected chi connectivity index (χ1v) is 11.9. The molecule has 0 spiro atoms. The highest BCUT2D eigenvalue weighted by molar-refractivity contribution is 7.95. The van der Waals surface area contributed by atoms with E-state index >= 15 is 0 Å². The van der Waals surface area contributed by atoms with Crippen molar-refractivity contribution in [2.24, 2.45) is 0 Å². The van der Waals surface area contributed by atoms with Gasteiger partial charge >= 0.3 is 0 Å². The molecule has 0 atom stereocenters. The molecule has 8 bridgehead atoms. The van der Waals surface area contributed by atoms with Gasteiger partial charge in [0, 0.05) is 22.1 Å². The standard InChI is InChI=1S/C20H14N4O6S2/c25-31(26,27)18-10-16-9-14-4-3-12(22-14)7-11-1-2-13(21-11)8-15-5-6-17(23-15)20(19(18)24-16)32(28,29)30/h1-10,21-22H,(H,25,26,27)(H,28,29,30)/i10D. The Labute approximate surface area is 182 Å². The lowest BCUT2D eigenvalue weighted by Gasteiger charge is -2.03. The molecule has 5 rings (SSSR count). The average Bonchev–Trinajstić information content (AvgIpc) is 3.45. The van der Waals surface area contributed by atoms with E-state index in [1.165, 1.54) is 18.2 Å². The Morgan fingerprint density at radius 3 is 1.88 bits per heavy atom. The summed E-state index contributed by atoms with van der Waals surface area (Å²) in [6, 6.07) is 11.0. The van der Waals surface area contributed by atoms with Crippen molar-refractivity contribution in [3.63, 3.8) is 0 Å². The third kappa shape index (κ3) is 3.76. The van der Waals surface area contributed by atoms with Crippen molar-refractivity contribution in [2.45, 2.75) is 4.90 Å². The molecular weight excluding hydrogens is 456 g/mol. The van der Waals surface area contributed by atoms with Gasteiger partial charge in [-0.3, -0.25) is 9.11 Å². The zero-order chi connectivity index (χ0) is 23.5. The summed E-state index contributed by atoms with van der Waals surface area (Å²) >= 11 is 0. The van der Waals surface area contributed by atoms with Crippen LogP contribution in [-0.4, -0.2) is 45.9 Å². The second kappa shape index (κ2) is 6.97. The van der Waals surface area contributed by atoms with E-state index in [0.717, 1.165) is 5.52 Å². The Hall–Kier alpha value is -3.58. The van der Waals surface area contributed by atoms with E-state index in [1.54, 1.807) is 24.3 Å². The molecule has 0 saturated heterocycles. The van der Waals surface area contributed by atoms with Gasteiger partial charge in [-0.25, -0.2) is 9.97 Å². The monoisotopic (exact) mass is 471 g/mol. The molecule has 162 valence electrons. The lowest BCUT2D eigenvalue weighted by atomic mass is 10.3. The molecule has 5 heterocycles. The SMILES string of the molecule is [2H]C1=C(S(=O)(=O)O)c2nc1cc1ccc(cc3ccc(cc4nc(c2S(=O)(=O)O)C=C4)[nH]3)[nH]1. The summed E-state index contributed by atoms with van der Waals surface area (Å²) in [4.78, 5) is 12.4. The third-order valence-electron chi connectivity index (χ3n) is 4.68. The Morgan fingerprint density at radius 2 is 1.31 bits per heavy atom. The van der Waals surface area contributed by atoms with Crippen molar-refractivity contribution in [1.29, 1.82) is 0 Å². The highest BCUT2D eigenvalue weighted by Gasteiger charge is 2.31. The van der Waals surface area contributed by atoms with Gasteiger partial charge in [-0.2, -0.15) is 16.8 Å². The number of aromatic nitrogens is 4. The molecule has 0 amide bonds. The molecule has 12 heteroatoms. The van der Waals surface area contributed by atoms with Crippen LogP contribution in [0.25, 0.3) is 45.2 Å². The largest absolute Gasteiger partial charge is 0.355 e. The van der Waals surface area contributed by atoms with E-state index in [0.29, 0.717) is 22.2 Å². The fraction of sp³-hybridized carbons (Fsp3) is 0. The first-order chi connectivity index (χ1) is 15.5. The maximum absolute atomic E-state index is 12.3. The Bertz CT molecular complexity index is 1780. The summed E-state index contributed by atoms with van der Waals surface area (Å²) in [6.45, 7) is 0. The van der Waals surface area contributed by atoms with Gasteiger partial charge in [0.2, 0.25) is 0 Å². The van der Waals surface area contributed by atoms with Gasteiger partial charge < -0.3 is 9.97 Å². The van der Waals surface area contributed by atoms with Crippen LogP contribution in [0.1, 0.15) is 24.1 Å². The number of hydrogen-bond donors (Lipinski definition) is 4. The van der Waals surface area contributed by atoms with Crippen LogP contribution in [0.5, 0.6) is 0 Å². The van der Waals surface area contributed by atoms with E-state index in [9.17, 15) is 25.9 Å². The van der Waals surface area contributed by atoms with Crippen LogP contribution in [0.2, 0.25) is 0 Å². The van der Waals surface area contributed by atoms with Crippen molar-refractivity contribution >= 4 is 65.4 Å². The van der Waals surface area contributed by atoms with Crippen molar-refractivity contribution in [3.05, 3.63) is 65.2 Å². The summed E-state index contributed by atoms with van der Waals surface area (Å²) in [5, 5.41) is 0. The zero-order valence-corrected chi connectivity index (χ0v) is 17.6. The lowest BCUT2D eigenvalue weighted by molar-refractivity contribution is 0.482. The molecule has 4 N–H and O–H groups in total. The molecule has 0 unspecified atom stereocenters. The molecule has 10 nitrogen and oxygen atoms in total. The fourth-order valence-electron chi connectivity index (χ4n) is 3.41. The van der Waals surface area contributed by atoms with E-state index < -0.39 is 41.8 Å². The topological polar surface area (TPSA) is 166 Å². The van der Waals surface area contributed by atoms with Gasteiger partial charge in [-0.15, -0.1) is 0 Å². The van der Waals surface area contributed by atoms with Crippen LogP contribution in [-0.2, 0) is 20.2 Å². The van der Waals surface area contributed by atoms with Crippen LogP contribution in [0, 0.1) is 0 Å². The molecule has 32 heavy (non-hydrogen) atoms. The molecule has 0 aromatic carbocycles. The van der Waals surface area contributed by atoms with Crippen molar-refractivity contribution < 1.29 is 27.3 Å². The van der Waals surface area contributed by atoms with Gasteiger partial charge in [0.05, 0.1) is 18.5 Å². The van der Waals surface area contributed by atoms with Crippen LogP contribution < -0.4 is 0 Å². The van der Waals surface area contributed by atoms with Gasteiger partial charge in [0.1, 0.15) is 15.5 Å². The number of H-pyrrole nitrogens is 2. The smallest absolute Gasteiger partial charge is 0.298 e. The number of aromatic amines is 2. The predicted molar refractivity (Wildman–Crippen MR) is 119 cm³/mol. The van der Waals surface area contributed by atoms with Gasteiger partial charge in [0.25, 0.3) is 20.2 Å². The van der Waals surface area contributed by atoms with Gasteiger partial charge in [0.15, 0.2) is 0 Å². The number of fused-ring (bicyclic) bond motifs is 8. The lowest BCUT2D eigenvalue weighted by Crippen LogP contribution is -2.08. The second-order valence-corrected chi connectivity index (χ2v) is 9.72. The minimum Gasteiger partial charge on any atom is -0.355 e. The quantitative estimate of drug-likeness (QED) is 0.324. The Kier molecular flexibility index (Phi) is 4.16. The van der Waals surface area contributed by atoms with Crippen molar-refractivity contribution in [2.75, 3.05) is 0 Å². The van der Waals surface area contributed by atoms with Crippen molar-refractivity contribution in [1.82, 2.24) is 19.9 Å². The summed E-state index contributed by atoms with van der Waals surface area (Å²) in [6.07, 6.45) is 2.72. The molecule has 0 fully saturated rings. The van der Waals surface area contributed by atoms with Crippen LogP contribution >= 0.6 is 0 Å². The summed E-state index contributed by atoms with van der Waals surface area (Å²) in [7, 11) is -10.2. The summed E-state index contributed by atoms with van der Waals surface area (Å²) in [5.41, 5.74) is 1.53. The van der Waals surface area contributed by atoms with Crippen LogP contribution in [0.15, 0.2) is 47.4 Å². The molecule has 3 aromatic rings. The second-order valence-electron chi connectivity index (χ2n) is 7.01. The number of nitrogens with one attached hydrogen (secondary N) is 2. The number of rotatable bonds is 2. The first-order valence-electron chi connectivity index (χ1n) is 9.55. The summed E-state index contributed by atoms with van der Waals surface area (Å²) in [5.74, 6) is 0. The number of hydrogen-bond acceptors (Lipinski definition) is 6.